The number of amides is 3. The van der Waals surface area contributed by atoms with Gasteiger partial charge in [-0.2, -0.15) is 5.10 Å². The van der Waals surface area contributed by atoms with Crippen molar-refractivity contribution in [2.45, 2.75) is 39.7 Å². The van der Waals surface area contributed by atoms with Crippen LogP contribution in [-0.2, 0) is 12.0 Å². The molecule has 0 bridgehead atoms. The maximum absolute atomic E-state index is 12.9. The lowest BCUT2D eigenvalue weighted by molar-refractivity contribution is 0.102. The number of likely N-dealkylation sites (N-methyl/N-ethyl adjacent to an activating group) is 1. The number of nitrogens with one attached hydrogen (secondary N) is 4. The van der Waals surface area contributed by atoms with Crippen LogP contribution in [0.3, 0.4) is 0 Å². The molecule has 1 saturated heterocycles. The van der Waals surface area contributed by atoms with Crippen LogP contribution in [0.1, 0.15) is 48.0 Å². The quantitative estimate of drug-likeness (QED) is 0.237. The van der Waals surface area contributed by atoms with E-state index >= 15 is 0 Å². The van der Waals surface area contributed by atoms with Gasteiger partial charge in [0.05, 0.1) is 5.69 Å². The van der Waals surface area contributed by atoms with Gasteiger partial charge < -0.3 is 20.1 Å². The van der Waals surface area contributed by atoms with Gasteiger partial charge in [0.25, 0.3) is 5.91 Å². The lowest BCUT2D eigenvalue weighted by atomic mass is 9.93. The van der Waals surface area contributed by atoms with Gasteiger partial charge in [0, 0.05) is 67.1 Å². The average molecular weight is 571 g/mol. The minimum Gasteiger partial charge on any atom is -0.359 e. The Balaban J connectivity index is 1.15. The average Bonchev–Trinajstić information content (AvgIpc) is 3.60. The van der Waals surface area contributed by atoms with Crippen LogP contribution in [0.15, 0.2) is 59.1 Å². The zero-order valence-corrected chi connectivity index (χ0v) is 24.7. The molecule has 1 aliphatic heterocycles. The summed E-state index contributed by atoms with van der Waals surface area (Å²) in [7, 11) is 2.15. The molecule has 0 unspecified atom stereocenters. The van der Waals surface area contributed by atoms with E-state index in [1.165, 1.54) is 5.56 Å². The molecule has 2 aromatic carbocycles. The zero-order valence-electron chi connectivity index (χ0n) is 24.7. The van der Waals surface area contributed by atoms with Gasteiger partial charge in [0.15, 0.2) is 11.6 Å². The van der Waals surface area contributed by atoms with Crippen molar-refractivity contribution in [2.75, 3.05) is 49.2 Å². The van der Waals surface area contributed by atoms with Crippen molar-refractivity contribution < 1.29 is 14.1 Å². The minimum absolute atomic E-state index is 0.207. The molecule has 11 heteroatoms. The van der Waals surface area contributed by atoms with Gasteiger partial charge in [-0.15, -0.1) is 0 Å². The molecule has 4 aromatic rings. The summed E-state index contributed by atoms with van der Waals surface area (Å²) in [5, 5.41) is 19.6. The second kappa shape index (κ2) is 12.2. The lowest BCUT2D eigenvalue weighted by Gasteiger charge is -2.32. The molecule has 0 radical (unpaired) electrons. The van der Waals surface area contributed by atoms with Gasteiger partial charge in [0.2, 0.25) is 0 Å². The molecule has 4 N–H and O–H groups in total. The molecule has 1 fully saturated rings. The monoisotopic (exact) mass is 570 g/mol. The number of piperazine rings is 1. The van der Waals surface area contributed by atoms with Crippen LogP contribution in [0.5, 0.6) is 0 Å². The van der Waals surface area contributed by atoms with Crippen LogP contribution in [0.4, 0.5) is 22.1 Å². The molecular weight excluding hydrogens is 532 g/mol. The predicted molar refractivity (Wildman–Crippen MR) is 164 cm³/mol. The Morgan fingerprint density at radius 3 is 2.33 bits per heavy atom. The van der Waals surface area contributed by atoms with E-state index in [9.17, 15) is 9.59 Å². The first-order valence-electron chi connectivity index (χ1n) is 14.1. The summed E-state index contributed by atoms with van der Waals surface area (Å²) in [6, 6.07) is 16.4. The summed E-state index contributed by atoms with van der Waals surface area (Å²) in [5.41, 5.74) is 4.75. The highest BCUT2D eigenvalue weighted by Crippen LogP contribution is 2.27. The molecule has 0 spiro atoms. The molecular formula is C31H38N8O3. The number of hydrogen-bond acceptors (Lipinski definition) is 7. The fourth-order valence-corrected chi connectivity index (χ4v) is 4.75. The summed E-state index contributed by atoms with van der Waals surface area (Å²) >= 11 is 0. The van der Waals surface area contributed by atoms with E-state index in [4.69, 9.17) is 4.52 Å². The number of H-pyrrole nitrogens is 1. The van der Waals surface area contributed by atoms with Gasteiger partial charge in [-0.3, -0.25) is 20.1 Å². The normalized spacial score (nSPS) is 14.5. The highest BCUT2D eigenvalue weighted by molar-refractivity contribution is 6.04. The van der Waals surface area contributed by atoms with Gasteiger partial charge >= 0.3 is 6.03 Å². The van der Waals surface area contributed by atoms with E-state index in [1.54, 1.807) is 18.2 Å². The van der Waals surface area contributed by atoms with Gasteiger partial charge in [0.1, 0.15) is 5.76 Å². The van der Waals surface area contributed by atoms with E-state index in [0.29, 0.717) is 28.6 Å². The Kier molecular flexibility index (Phi) is 8.41. The fraction of sp³-hybridized carbons (Fsp3) is 0.355. The van der Waals surface area contributed by atoms with Crippen molar-refractivity contribution >= 4 is 29.3 Å². The molecule has 220 valence electrons. The van der Waals surface area contributed by atoms with Gasteiger partial charge in [-0.25, -0.2) is 4.79 Å². The molecule has 1 aliphatic rings. The number of nitrogens with zero attached hydrogens (tertiary/aromatic N) is 4. The van der Waals surface area contributed by atoms with Crippen molar-refractivity contribution in [3.05, 3.63) is 77.0 Å². The largest absolute Gasteiger partial charge is 0.359 e. The molecule has 0 aliphatic carbocycles. The number of anilines is 3. The fourth-order valence-electron chi connectivity index (χ4n) is 4.75. The zero-order chi connectivity index (χ0) is 29.9. The number of benzene rings is 2. The molecule has 3 amide bonds. The van der Waals surface area contributed by atoms with E-state index in [0.717, 1.165) is 49.5 Å². The van der Waals surface area contributed by atoms with Crippen LogP contribution >= 0.6 is 0 Å². The van der Waals surface area contributed by atoms with Crippen molar-refractivity contribution in [1.82, 2.24) is 25.2 Å². The summed E-state index contributed by atoms with van der Waals surface area (Å²) in [4.78, 5) is 30.1. The van der Waals surface area contributed by atoms with Crippen molar-refractivity contribution in [3.63, 3.8) is 0 Å². The number of aromatic amines is 1. The van der Waals surface area contributed by atoms with Crippen molar-refractivity contribution in [2.24, 2.45) is 0 Å². The molecule has 3 heterocycles. The third-order valence-corrected chi connectivity index (χ3v) is 7.30. The summed E-state index contributed by atoms with van der Waals surface area (Å²) in [6.45, 7) is 13.1. The predicted octanol–water partition coefficient (Wildman–Crippen LogP) is 5.31. The van der Waals surface area contributed by atoms with Crippen LogP contribution in [-0.4, -0.2) is 70.3 Å². The van der Waals surface area contributed by atoms with Crippen LogP contribution in [0.2, 0.25) is 0 Å². The third kappa shape index (κ3) is 7.23. The van der Waals surface area contributed by atoms with E-state index in [-0.39, 0.29) is 11.3 Å². The number of carbonyl (C=O) groups is 2. The van der Waals surface area contributed by atoms with Crippen molar-refractivity contribution in [3.8, 4) is 11.3 Å². The molecule has 2 aromatic heterocycles. The van der Waals surface area contributed by atoms with E-state index in [2.05, 4.69) is 48.2 Å². The van der Waals surface area contributed by atoms with Gasteiger partial charge in [-0.1, -0.05) is 44.1 Å². The Bertz CT molecular complexity index is 1540. The van der Waals surface area contributed by atoms with E-state index < -0.39 is 6.03 Å². The number of aryl methyl sites for hydroxylation is 1. The topological polar surface area (TPSA) is 131 Å². The second-order valence-corrected chi connectivity index (χ2v) is 11.8. The third-order valence-electron chi connectivity index (χ3n) is 7.30. The van der Waals surface area contributed by atoms with Crippen LogP contribution < -0.4 is 16.0 Å². The molecule has 11 nitrogen and oxygen atoms in total. The Hall–Kier alpha value is -4.48. The Morgan fingerprint density at radius 2 is 1.67 bits per heavy atom. The number of urea groups is 1. The first-order valence-corrected chi connectivity index (χ1v) is 14.1. The molecule has 0 saturated carbocycles. The summed E-state index contributed by atoms with van der Waals surface area (Å²) in [5.74, 6) is 1.24. The maximum Gasteiger partial charge on any atom is 0.324 e. The SMILES string of the molecule is Cc1cc(NC(=O)Nc2cc(C(C)(C)C)on2)ccc1-c1cc(NC(=O)c2ccc(CN3CCN(C)CC3)cc2)n[nH]1. The Labute approximate surface area is 245 Å². The minimum atomic E-state index is -0.421. The summed E-state index contributed by atoms with van der Waals surface area (Å²) in [6.07, 6.45) is 0. The smallest absolute Gasteiger partial charge is 0.324 e. The summed E-state index contributed by atoms with van der Waals surface area (Å²) < 4.78 is 5.32. The molecule has 0 atom stereocenters. The number of rotatable bonds is 7. The lowest BCUT2D eigenvalue weighted by Crippen LogP contribution is -2.43. The first-order chi connectivity index (χ1) is 20.0. The highest BCUT2D eigenvalue weighted by Gasteiger charge is 2.20. The van der Waals surface area contributed by atoms with Crippen LogP contribution in [0.25, 0.3) is 11.3 Å². The van der Waals surface area contributed by atoms with Crippen LogP contribution in [0, 0.1) is 6.92 Å². The van der Waals surface area contributed by atoms with E-state index in [1.807, 2.05) is 64.1 Å². The maximum atomic E-state index is 12.9. The Morgan fingerprint density at radius 1 is 0.929 bits per heavy atom. The first kappa shape index (κ1) is 29.0. The standard InChI is InChI=1S/C31H38N8O3/c1-20-16-23(32-30(41)34-28-18-26(42-37-28)31(2,3)4)10-11-24(20)25-17-27(36-35-25)33-29(40)22-8-6-21(7-9-22)19-39-14-12-38(5)13-15-39/h6-11,16-18H,12-15,19H2,1-5H3,(H2,32,34,37,41)(H2,33,35,36,40). The van der Waals surface area contributed by atoms with Crippen molar-refractivity contribution in [1.29, 1.82) is 0 Å². The number of hydrogen-bond donors (Lipinski definition) is 4. The molecule has 5 rings (SSSR count). The van der Waals surface area contributed by atoms with Gasteiger partial charge in [-0.05, 0) is 49.4 Å². The highest BCUT2D eigenvalue weighted by atomic mass is 16.5. The molecule has 42 heavy (non-hydrogen) atoms. The number of carbonyl (C=O) groups excluding carboxylic acids is 2. The number of aromatic nitrogens is 3. The second-order valence-electron chi connectivity index (χ2n) is 11.8.